The SMILES string of the molecule is CCOC(=O)Cn1nnnc1C(CC)N(CCCO)Cc1cc2cc(C)cc(C)c2[nH]c1=O. The molecule has 2 heterocycles. The molecule has 178 valence electrons. The number of pyridine rings is 1. The number of H-pyrrole nitrogens is 1. The maximum atomic E-state index is 12.9. The number of aliphatic hydroxyl groups is 1. The summed E-state index contributed by atoms with van der Waals surface area (Å²) in [5.74, 6) is 0.104. The minimum absolute atomic E-state index is 0.0210. The number of benzene rings is 1. The summed E-state index contributed by atoms with van der Waals surface area (Å²) in [6.45, 7) is 8.85. The molecule has 0 fully saturated rings. The lowest BCUT2D eigenvalue weighted by Crippen LogP contribution is -2.34. The molecule has 0 aliphatic heterocycles. The number of fused-ring (bicyclic) bond motifs is 1. The van der Waals surface area contributed by atoms with E-state index in [2.05, 4.69) is 31.5 Å². The fourth-order valence-electron chi connectivity index (χ4n) is 4.18. The van der Waals surface area contributed by atoms with Crippen LogP contribution in [0.15, 0.2) is 23.0 Å². The Morgan fingerprint density at radius 3 is 2.76 bits per heavy atom. The van der Waals surface area contributed by atoms with Crippen molar-refractivity contribution < 1.29 is 14.6 Å². The number of hydrogen-bond acceptors (Lipinski definition) is 8. The van der Waals surface area contributed by atoms with Crippen molar-refractivity contribution in [2.24, 2.45) is 0 Å². The topological polar surface area (TPSA) is 126 Å². The molecule has 1 aromatic carbocycles. The Morgan fingerprint density at radius 1 is 1.27 bits per heavy atom. The first-order valence-electron chi connectivity index (χ1n) is 11.3. The standard InChI is InChI=1S/C23H32N6O4/c1-5-19(22-25-26-27-29(22)14-20(31)33-6-2)28(8-7-9-30)13-18-12-17-11-15(3)10-16(4)21(17)24-23(18)32/h10-12,19,30H,5-9,13-14H2,1-4H3,(H,24,32). The molecule has 0 spiro atoms. The average molecular weight is 457 g/mol. The number of ether oxygens (including phenoxy) is 1. The zero-order chi connectivity index (χ0) is 24.0. The van der Waals surface area contributed by atoms with Crippen molar-refractivity contribution in [1.29, 1.82) is 0 Å². The lowest BCUT2D eigenvalue weighted by Gasteiger charge is -2.30. The van der Waals surface area contributed by atoms with Crippen LogP contribution in [-0.4, -0.2) is 60.9 Å². The van der Waals surface area contributed by atoms with Gasteiger partial charge in [-0.05, 0) is 67.1 Å². The predicted molar refractivity (Wildman–Crippen MR) is 124 cm³/mol. The highest BCUT2D eigenvalue weighted by molar-refractivity contribution is 5.82. The van der Waals surface area contributed by atoms with E-state index < -0.39 is 5.97 Å². The fourth-order valence-corrected chi connectivity index (χ4v) is 4.18. The molecule has 1 unspecified atom stereocenters. The van der Waals surface area contributed by atoms with Crippen LogP contribution in [0.2, 0.25) is 0 Å². The van der Waals surface area contributed by atoms with Gasteiger partial charge in [0.05, 0.1) is 18.2 Å². The highest BCUT2D eigenvalue weighted by atomic mass is 16.5. The van der Waals surface area contributed by atoms with E-state index in [1.807, 2.05) is 32.9 Å². The average Bonchev–Trinajstić information content (AvgIpc) is 3.21. The number of aliphatic hydroxyl groups excluding tert-OH is 1. The Kier molecular flexibility index (Phi) is 8.29. The van der Waals surface area contributed by atoms with E-state index in [4.69, 9.17) is 4.74 Å². The van der Waals surface area contributed by atoms with E-state index in [1.165, 1.54) is 4.68 Å². The maximum absolute atomic E-state index is 12.9. The van der Waals surface area contributed by atoms with Gasteiger partial charge in [-0.15, -0.1) is 5.10 Å². The molecule has 0 bridgehead atoms. The monoisotopic (exact) mass is 456 g/mol. The van der Waals surface area contributed by atoms with Crippen molar-refractivity contribution in [1.82, 2.24) is 30.1 Å². The molecule has 1 atom stereocenters. The normalized spacial score (nSPS) is 12.4. The van der Waals surface area contributed by atoms with E-state index >= 15 is 0 Å². The second-order valence-corrected chi connectivity index (χ2v) is 8.14. The van der Waals surface area contributed by atoms with Gasteiger partial charge in [0.25, 0.3) is 5.56 Å². The van der Waals surface area contributed by atoms with Crippen LogP contribution in [-0.2, 0) is 22.6 Å². The molecule has 33 heavy (non-hydrogen) atoms. The molecule has 0 radical (unpaired) electrons. The number of carbonyl (C=O) groups excluding carboxylic acids is 1. The summed E-state index contributed by atoms with van der Waals surface area (Å²) in [6.07, 6.45) is 1.18. The van der Waals surface area contributed by atoms with Gasteiger partial charge in [0, 0.05) is 25.3 Å². The summed E-state index contributed by atoms with van der Waals surface area (Å²) in [5.41, 5.74) is 3.45. The van der Waals surface area contributed by atoms with Gasteiger partial charge in [0.2, 0.25) is 0 Å². The van der Waals surface area contributed by atoms with Crippen molar-refractivity contribution in [2.75, 3.05) is 19.8 Å². The minimum atomic E-state index is -0.417. The number of nitrogens with zero attached hydrogens (tertiary/aromatic N) is 5. The minimum Gasteiger partial charge on any atom is -0.465 e. The Hall–Kier alpha value is -3.11. The molecule has 2 aromatic heterocycles. The maximum Gasteiger partial charge on any atom is 0.327 e. The van der Waals surface area contributed by atoms with Crippen LogP contribution < -0.4 is 5.56 Å². The Bertz CT molecular complexity index is 1160. The molecule has 10 nitrogen and oxygen atoms in total. The molecular formula is C23H32N6O4. The van der Waals surface area contributed by atoms with E-state index in [0.717, 1.165) is 22.0 Å². The van der Waals surface area contributed by atoms with Gasteiger partial charge in [0.15, 0.2) is 5.82 Å². The van der Waals surface area contributed by atoms with Gasteiger partial charge in [-0.1, -0.05) is 18.6 Å². The van der Waals surface area contributed by atoms with Gasteiger partial charge >= 0.3 is 5.97 Å². The van der Waals surface area contributed by atoms with E-state index in [1.54, 1.807) is 6.92 Å². The largest absolute Gasteiger partial charge is 0.465 e. The summed E-state index contributed by atoms with van der Waals surface area (Å²) < 4.78 is 6.47. The van der Waals surface area contributed by atoms with Gasteiger partial charge < -0.3 is 14.8 Å². The number of rotatable bonds is 11. The molecule has 0 saturated heterocycles. The first-order valence-corrected chi connectivity index (χ1v) is 11.3. The van der Waals surface area contributed by atoms with Crippen LogP contribution in [0.3, 0.4) is 0 Å². The molecule has 3 aromatic rings. The van der Waals surface area contributed by atoms with Crippen molar-refractivity contribution in [3.8, 4) is 0 Å². The second kappa shape index (κ2) is 11.2. The van der Waals surface area contributed by atoms with Crippen LogP contribution in [0.4, 0.5) is 0 Å². The summed E-state index contributed by atoms with van der Waals surface area (Å²) >= 11 is 0. The fraction of sp³-hybridized carbons (Fsp3) is 0.522. The molecular weight excluding hydrogens is 424 g/mol. The zero-order valence-electron chi connectivity index (χ0n) is 19.7. The van der Waals surface area contributed by atoms with Crippen LogP contribution in [0.5, 0.6) is 0 Å². The van der Waals surface area contributed by atoms with Crippen LogP contribution >= 0.6 is 0 Å². The molecule has 2 N–H and O–H groups in total. The molecule has 10 heteroatoms. The number of aromatic nitrogens is 5. The number of esters is 1. The van der Waals surface area contributed by atoms with Crippen molar-refractivity contribution in [3.63, 3.8) is 0 Å². The Morgan fingerprint density at radius 2 is 2.06 bits per heavy atom. The number of tetrazole rings is 1. The van der Waals surface area contributed by atoms with Crippen molar-refractivity contribution in [2.45, 2.75) is 59.7 Å². The van der Waals surface area contributed by atoms with Gasteiger partial charge in [-0.25, -0.2) is 4.68 Å². The van der Waals surface area contributed by atoms with E-state index in [-0.39, 0.29) is 31.4 Å². The first-order chi connectivity index (χ1) is 15.9. The van der Waals surface area contributed by atoms with Crippen LogP contribution in [0, 0.1) is 13.8 Å². The Balaban J connectivity index is 1.95. The quantitative estimate of drug-likeness (QED) is 0.420. The highest BCUT2D eigenvalue weighted by Gasteiger charge is 2.26. The third-order valence-corrected chi connectivity index (χ3v) is 5.62. The van der Waals surface area contributed by atoms with Gasteiger partial charge in [-0.3, -0.25) is 14.5 Å². The van der Waals surface area contributed by atoms with E-state index in [9.17, 15) is 14.7 Å². The first kappa shape index (κ1) is 24.5. The molecule has 0 aliphatic rings. The zero-order valence-corrected chi connectivity index (χ0v) is 19.7. The van der Waals surface area contributed by atoms with Gasteiger partial charge in [-0.2, -0.15) is 0 Å². The number of hydrogen-bond donors (Lipinski definition) is 2. The molecule has 0 aliphatic carbocycles. The third kappa shape index (κ3) is 5.82. The highest BCUT2D eigenvalue weighted by Crippen LogP contribution is 2.25. The molecule has 3 rings (SSSR count). The number of carbonyl (C=O) groups is 1. The number of nitrogens with one attached hydrogen (secondary N) is 1. The number of aromatic amines is 1. The lowest BCUT2D eigenvalue weighted by atomic mass is 10.0. The summed E-state index contributed by atoms with van der Waals surface area (Å²) in [4.78, 5) is 30.0. The number of aryl methyl sites for hydroxylation is 2. The molecule has 0 amide bonds. The smallest absolute Gasteiger partial charge is 0.327 e. The Labute approximate surface area is 192 Å². The second-order valence-electron chi connectivity index (χ2n) is 8.14. The molecule has 0 saturated carbocycles. The summed E-state index contributed by atoms with van der Waals surface area (Å²) in [6, 6.07) is 5.77. The van der Waals surface area contributed by atoms with Crippen molar-refractivity contribution >= 4 is 16.9 Å². The van der Waals surface area contributed by atoms with Crippen LogP contribution in [0.25, 0.3) is 10.9 Å². The van der Waals surface area contributed by atoms with Gasteiger partial charge in [0.1, 0.15) is 6.54 Å². The summed E-state index contributed by atoms with van der Waals surface area (Å²) in [7, 11) is 0. The third-order valence-electron chi connectivity index (χ3n) is 5.62. The lowest BCUT2D eigenvalue weighted by molar-refractivity contribution is -0.144. The van der Waals surface area contributed by atoms with Crippen LogP contribution in [0.1, 0.15) is 55.2 Å². The van der Waals surface area contributed by atoms with E-state index in [0.29, 0.717) is 37.3 Å². The van der Waals surface area contributed by atoms with Crippen molar-refractivity contribution in [3.05, 3.63) is 51.1 Å². The predicted octanol–water partition coefficient (Wildman–Crippen LogP) is 2.03. The summed E-state index contributed by atoms with van der Waals surface area (Å²) in [5, 5.41) is 22.3.